The number of carbonyl (C=O) groups is 2. The van der Waals surface area contributed by atoms with Gasteiger partial charge in [0.2, 0.25) is 5.91 Å². The molecule has 1 saturated heterocycles. The van der Waals surface area contributed by atoms with Crippen molar-refractivity contribution in [2.24, 2.45) is 5.92 Å². The van der Waals surface area contributed by atoms with Gasteiger partial charge >= 0.3 is 5.97 Å². The molecule has 0 spiro atoms. The molecular weight excluding hydrogens is 262 g/mol. The first kappa shape index (κ1) is 11.9. The van der Waals surface area contributed by atoms with Crippen molar-refractivity contribution in [3.8, 4) is 0 Å². The van der Waals surface area contributed by atoms with Gasteiger partial charge in [-0.1, -0.05) is 24.3 Å². The summed E-state index contributed by atoms with van der Waals surface area (Å²) in [5, 5.41) is 11.1. The quantitative estimate of drug-likeness (QED) is 0.690. The Kier molecular flexibility index (Phi) is 2.83. The molecule has 0 radical (unpaired) electrons. The number of carbonyl (C=O) groups excluding carboxylic acids is 1. The number of thiophene rings is 1. The zero-order chi connectivity index (χ0) is 13.4. The number of rotatable bonds is 3. The first-order valence-electron chi connectivity index (χ1n) is 5.84. The van der Waals surface area contributed by atoms with E-state index in [4.69, 9.17) is 0 Å². The molecule has 1 fully saturated rings. The standard InChI is InChI=1S/C14H11NO3S/c16-13-11(14(17)18)12(10-7-4-8-19-10)15(13)9-5-2-1-3-6-9/h1-8,11-12H,(H,17,18)/t11-,12-/m0/s1. The average molecular weight is 273 g/mol. The Morgan fingerprint density at radius 1 is 1.16 bits per heavy atom. The molecule has 0 bridgehead atoms. The molecule has 1 aromatic heterocycles. The van der Waals surface area contributed by atoms with Crippen molar-refractivity contribution in [2.45, 2.75) is 6.04 Å². The van der Waals surface area contributed by atoms with Gasteiger partial charge in [0.25, 0.3) is 0 Å². The summed E-state index contributed by atoms with van der Waals surface area (Å²) < 4.78 is 0. The molecule has 5 heteroatoms. The maximum atomic E-state index is 12.1. The summed E-state index contributed by atoms with van der Waals surface area (Å²) in [6.07, 6.45) is 0. The molecule has 2 aromatic rings. The smallest absolute Gasteiger partial charge is 0.318 e. The van der Waals surface area contributed by atoms with Crippen LogP contribution in [0.15, 0.2) is 47.8 Å². The topological polar surface area (TPSA) is 57.6 Å². The summed E-state index contributed by atoms with van der Waals surface area (Å²) in [5.74, 6) is -2.38. The predicted octanol–water partition coefficient (Wildman–Crippen LogP) is 2.54. The van der Waals surface area contributed by atoms with Gasteiger partial charge in [0.1, 0.15) is 0 Å². The number of amides is 1. The highest BCUT2D eigenvalue weighted by Crippen LogP contribution is 2.44. The second-order valence-corrected chi connectivity index (χ2v) is 5.30. The summed E-state index contributed by atoms with van der Waals surface area (Å²) in [6, 6.07) is 12.5. The Hall–Kier alpha value is -2.14. The van der Waals surface area contributed by atoms with Crippen LogP contribution >= 0.6 is 11.3 Å². The van der Waals surface area contributed by atoms with Crippen LogP contribution in [0.25, 0.3) is 0 Å². The van der Waals surface area contributed by atoms with Crippen LogP contribution in [0.4, 0.5) is 5.69 Å². The van der Waals surface area contributed by atoms with E-state index >= 15 is 0 Å². The Morgan fingerprint density at radius 2 is 1.89 bits per heavy atom. The number of hydrogen-bond acceptors (Lipinski definition) is 3. The van der Waals surface area contributed by atoms with E-state index in [2.05, 4.69) is 0 Å². The van der Waals surface area contributed by atoms with Crippen molar-refractivity contribution in [1.29, 1.82) is 0 Å². The lowest BCUT2D eigenvalue weighted by Gasteiger charge is -2.44. The van der Waals surface area contributed by atoms with Gasteiger partial charge in [-0.15, -0.1) is 11.3 Å². The summed E-state index contributed by atoms with van der Waals surface area (Å²) in [4.78, 5) is 25.7. The minimum absolute atomic E-state index is 0.350. The van der Waals surface area contributed by atoms with Crippen LogP contribution in [0.3, 0.4) is 0 Å². The first-order chi connectivity index (χ1) is 9.20. The number of anilines is 1. The van der Waals surface area contributed by atoms with E-state index in [1.807, 2.05) is 47.8 Å². The fraction of sp³-hybridized carbons (Fsp3) is 0.143. The van der Waals surface area contributed by atoms with Gasteiger partial charge < -0.3 is 10.0 Å². The van der Waals surface area contributed by atoms with E-state index in [1.165, 1.54) is 11.3 Å². The number of carboxylic acid groups (broad SMARTS) is 1. The van der Waals surface area contributed by atoms with Crippen LogP contribution in [0, 0.1) is 5.92 Å². The summed E-state index contributed by atoms with van der Waals surface area (Å²) in [7, 11) is 0. The molecule has 0 unspecified atom stereocenters. The molecule has 3 rings (SSSR count). The summed E-state index contributed by atoms with van der Waals surface area (Å²) >= 11 is 1.47. The van der Waals surface area contributed by atoms with E-state index < -0.39 is 17.9 Å². The second kappa shape index (κ2) is 4.51. The third kappa shape index (κ3) is 1.82. The van der Waals surface area contributed by atoms with Gasteiger partial charge in [-0.3, -0.25) is 9.59 Å². The van der Waals surface area contributed by atoms with Crippen molar-refractivity contribution in [3.05, 3.63) is 52.7 Å². The minimum Gasteiger partial charge on any atom is -0.481 e. The third-order valence-electron chi connectivity index (χ3n) is 3.23. The zero-order valence-corrected chi connectivity index (χ0v) is 10.7. The van der Waals surface area contributed by atoms with Gasteiger partial charge in [-0.05, 0) is 23.6 Å². The van der Waals surface area contributed by atoms with E-state index in [1.54, 1.807) is 4.90 Å². The van der Waals surface area contributed by atoms with Gasteiger partial charge in [-0.2, -0.15) is 0 Å². The molecule has 2 heterocycles. The monoisotopic (exact) mass is 273 g/mol. The molecule has 1 aliphatic heterocycles. The highest BCUT2D eigenvalue weighted by atomic mass is 32.1. The molecule has 19 heavy (non-hydrogen) atoms. The number of para-hydroxylation sites is 1. The van der Waals surface area contributed by atoms with Crippen molar-refractivity contribution < 1.29 is 14.7 Å². The lowest BCUT2D eigenvalue weighted by Crippen LogP contribution is -2.58. The van der Waals surface area contributed by atoms with Crippen molar-refractivity contribution in [2.75, 3.05) is 4.90 Å². The number of nitrogens with zero attached hydrogens (tertiary/aromatic N) is 1. The van der Waals surface area contributed by atoms with E-state index in [9.17, 15) is 14.7 Å². The predicted molar refractivity (Wildman–Crippen MR) is 72.1 cm³/mol. The molecule has 4 nitrogen and oxygen atoms in total. The average Bonchev–Trinajstić information content (AvgIpc) is 2.89. The van der Waals surface area contributed by atoms with Crippen LogP contribution in [-0.2, 0) is 9.59 Å². The van der Waals surface area contributed by atoms with Gasteiger partial charge in [0, 0.05) is 10.6 Å². The molecule has 0 saturated carbocycles. The molecule has 2 atom stereocenters. The fourth-order valence-corrected chi connectivity index (χ4v) is 3.21. The molecule has 1 N–H and O–H groups in total. The number of aliphatic carboxylic acids is 1. The van der Waals surface area contributed by atoms with E-state index in [0.717, 1.165) is 10.6 Å². The number of β-lactam (4-membered cyclic amide) rings is 1. The number of benzene rings is 1. The summed E-state index contributed by atoms with van der Waals surface area (Å²) in [5.41, 5.74) is 0.739. The molecule has 1 aliphatic rings. The Balaban J connectivity index is 2.00. The normalized spacial score (nSPS) is 22.1. The third-order valence-corrected chi connectivity index (χ3v) is 4.18. The second-order valence-electron chi connectivity index (χ2n) is 4.32. The lowest BCUT2D eigenvalue weighted by atomic mass is 9.85. The fourth-order valence-electron chi connectivity index (χ4n) is 2.36. The maximum absolute atomic E-state index is 12.1. The van der Waals surface area contributed by atoms with Gasteiger partial charge in [-0.25, -0.2) is 0 Å². The van der Waals surface area contributed by atoms with Gasteiger partial charge in [0.05, 0.1) is 6.04 Å². The number of hydrogen-bond donors (Lipinski definition) is 1. The van der Waals surface area contributed by atoms with Gasteiger partial charge in [0.15, 0.2) is 5.92 Å². The van der Waals surface area contributed by atoms with E-state index in [-0.39, 0.29) is 5.91 Å². The van der Waals surface area contributed by atoms with Crippen LogP contribution in [0.2, 0.25) is 0 Å². The van der Waals surface area contributed by atoms with Crippen molar-refractivity contribution in [1.82, 2.24) is 0 Å². The Labute approximate surface area is 113 Å². The number of carboxylic acids is 1. The summed E-state index contributed by atoms with van der Waals surface area (Å²) in [6.45, 7) is 0. The highest BCUT2D eigenvalue weighted by Gasteiger charge is 2.53. The van der Waals surface area contributed by atoms with Crippen LogP contribution in [0.1, 0.15) is 10.9 Å². The molecule has 1 amide bonds. The lowest BCUT2D eigenvalue weighted by molar-refractivity contribution is -0.152. The van der Waals surface area contributed by atoms with Crippen molar-refractivity contribution >= 4 is 28.9 Å². The zero-order valence-electron chi connectivity index (χ0n) is 9.89. The minimum atomic E-state index is -1.06. The Bertz CT molecular complexity index is 609. The van der Waals surface area contributed by atoms with Crippen LogP contribution < -0.4 is 4.90 Å². The first-order valence-corrected chi connectivity index (χ1v) is 6.72. The van der Waals surface area contributed by atoms with Crippen LogP contribution in [0.5, 0.6) is 0 Å². The molecule has 0 aliphatic carbocycles. The molecule has 96 valence electrons. The molecule has 1 aromatic carbocycles. The van der Waals surface area contributed by atoms with Crippen LogP contribution in [-0.4, -0.2) is 17.0 Å². The highest BCUT2D eigenvalue weighted by molar-refractivity contribution is 7.10. The largest absolute Gasteiger partial charge is 0.481 e. The molecular formula is C14H11NO3S. The van der Waals surface area contributed by atoms with E-state index in [0.29, 0.717) is 0 Å². The Morgan fingerprint density at radius 3 is 2.47 bits per heavy atom. The maximum Gasteiger partial charge on any atom is 0.318 e. The van der Waals surface area contributed by atoms with Crippen molar-refractivity contribution in [3.63, 3.8) is 0 Å². The SMILES string of the molecule is O=C(O)[C@@H]1C(=O)N(c2ccccc2)[C@H]1c1cccs1.